The predicted octanol–water partition coefficient (Wildman–Crippen LogP) is 4.39. The van der Waals surface area contributed by atoms with Gasteiger partial charge in [-0.1, -0.05) is 27.7 Å². The fourth-order valence-electron chi connectivity index (χ4n) is 2.76. The summed E-state index contributed by atoms with van der Waals surface area (Å²) in [6, 6.07) is 1.92. The number of nitrogens with one attached hydrogen (secondary N) is 1. The minimum Gasteiger partial charge on any atom is -0.481 e. The topological polar surface area (TPSA) is 84.3 Å². The van der Waals surface area contributed by atoms with Crippen molar-refractivity contribution in [2.24, 2.45) is 0 Å². The van der Waals surface area contributed by atoms with Gasteiger partial charge in [0.25, 0.3) is 0 Å². The van der Waals surface area contributed by atoms with Crippen LogP contribution in [0.3, 0.4) is 0 Å². The molecule has 0 aliphatic carbocycles. The van der Waals surface area contributed by atoms with E-state index in [2.05, 4.69) is 42.4 Å². The minimum atomic E-state index is -0.937. The zero-order chi connectivity index (χ0) is 21.1. The van der Waals surface area contributed by atoms with Crippen molar-refractivity contribution in [2.45, 2.75) is 69.7 Å². The quantitative estimate of drug-likeness (QED) is 0.613. The van der Waals surface area contributed by atoms with Gasteiger partial charge in [-0.15, -0.1) is 11.3 Å². The third-order valence-electron chi connectivity index (χ3n) is 4.22. The molecule has 2 N–H and O–H groups in total. The maximum atomic E-state index is 12.6. The Morgan fingerprint density at radius 2 is 2.00 bits per heavy atom. The number of amides is 1. The fraction of sp³-hybridized carbons (Fsp3) is 0.550. The van der Waals surface area contributed by atoms with E-state index in [1.165, 1.54) is 23.3 Å². The summed E-state index contributed by atoms with van der Waals surface area (Å²) in [6.07, 6.45) is 1.88. The van der Waals surface area contributed by atoms with Crippen LogP contribution in [0, 0.1) is 0 Å². The lowest BCUT2D eigenvalue weighted by Crippen LogP contribution is -2.21. The summed E-state index contributed by atoms with van der Waals surface area (Å²) < 4.78 is 8.89. The second-order valence-corrected chi connectivity index (χ2v) is 9.86. The maximum absolute atomic E-state index is 12.6. The molecule has 0 spiro atoms. The highest BCUT2D eigenvalue weighted by Gasteiger charge is 2.22. The molecule has 0 saturated carbocycles. The highest BCUT2D eigenvalue weighted by Crippen LogP contribution is 2.32. The molecule has 154 valence electrons. The van der Waals surface area contributed by atoms with Crippen molar-refractivity contribution < 1.29 is 14.6 Å². The molecular weight excluding hydrogens is 394 g/mol. The van der Waals surface area contributed by atoms with Gasteiger partial charge in [-0.25, -0.2) is 9.97 Å². The lowest BCUT2D eigenvalue weighted by atomic mass is 9.91. The van der Waals surface area contributed by atoms with Gasteiger partial charge in [-0.3, -0.25) is 9.52 Å². The standard InChI is InChI=1S/C20H29N3O3S2/c1-11(2)13-9-17(26-7)22-18(12(3)4)14(13)8-16(24)23-28-19-21-10-15(27-19)20(5,6)25/h9-12,25H,8H2,1-7H3,(H,23,24). The number of ether oxygens (including phenoxy) is 1. The van der Waals surface area contributed by atoms with Crippen LogP contribution in [0.25, 0.3) is 0 Å². The Bertz CT molecular complexity index is 797. The van der Waals surface area contributed by atoms with Crippen LogP contribution >= 0.6 is 23.3 Å². The third kappa shape index (κ3) is 5.68. The Morgan fingerprint density at radius 3 is 2.50 bits per heavy atom. The maximum Gasteiger partial charge on any atom is 0.234 e. The van der Waals surface area contributed by atoms with Crippen molar-refractivity contribution >= 4 is 29.2 Å². The van der Waals surface area contributed by atoms with Crippen molar-refractivity contribution in [1.82, 2.24) is 14.7 Å². The number of carbonyl (C=O) groups is 1. The van der Waals surface area contributed by atoms with Crippen molar-refractivity contribution in [3.05, 3.63) is 34.0 Å². The molecule has 0 aliphatic heterocycles. The van der Waals surface area contributed by atoms with E-state index in [4.69, 9.17) is 4.74 Å². The Labute approximate surface area is 175 Å². The first kappa shape index (κ1) is 22.6. The molecule has 0 atom stereocenters. The van der Waals surface area contributed by atoms with Gasteiger partial charge in [0.05, 0.1) is 29.7 Å². The smallest absolute Gasteiger partial charge is 0.234 e. The summed E-state index contributed by atoms with van der Waals surface area (Å²) in [6.45, 7) is 11.8. The van der Waals surface area contributed by atoms with E-state index in [1.54, 1.807) is 27.2 Å². The predicted molar refractivity (Wildman–Crippen MR) is 114 cm³/mol. The number of rotatable bonds is 8. The molecule has 2 rings (SSSR count). The average Bonchev–Trinajstić information content (AvgIpc) is 3.09. The summed E-state index contributed by atoms with van der Waals surface area (Å²) in [5.74, 6) is 0.892. The number of thiazole rings is 1. The number of methoxy groups -OCH3 is 1. The summed E-state index contributed by atoms with van der Waals surface area (Å²) in [7, 11) is 1.61. The first-order valence-electron chi connectivity index (χ1n) is 9.25. The molecule has 0 aromatic carbocycles. The van der Waals surface area contributed by atoms with Crippen molar-refractivity contribution in [3.8, 4) is 5.88 Å². The average molecular weight is 424 g/mol. The first-order valence-corrected chi connectivity index (χ1v) is 10.9. The van der Waals surface area contributed by atoms with Gasteiger partial charge in [0, 0.05) is 24.2 Å². The van der Waals surface area contributed by atoms with Crippen molar-refractivity contribution in [2.75, 3.05) is 7.11 Å². The van der Waals surface area contributed by atoms with Gasteiger partial charge in [-0.05, 0) is 36.8 Å². The van der Waals surface area contributed by atoms with Crippen LogP contribution in [-0.2, 0) is 16.8 Å². The van der Waals surface area contributed by atoms with Crippen LogP contribution < -0.4 is 9.46 Å². The Hall–Kier alpha value is -1.64. The van der Waals surface area contributed by atoms with E-state index in [1.807, 2.05) is 6.07 Å². The SMILES string of the molecule is COc1cc(C(C)C)c(CC(=O)NSc2ncc(C(C)(C)O)s2)c(C(C)C)n1. The van der Waals surface area contributed by atoms with Gasteiger partial charge in [0.15, 0.2) is 4.34 Å². The van der Waals surface area contributed by atoms with Crippen LogP contribution in [0.4, 0.5) is 0 Å². The first-order chi connectivity index (χ1) is 13.0. The Balaban J connectivity index is 2.17. The lowest BCUT2D eigenvalue weighted by molar-refractivity contribution is -0.118. The largest absolute Gasteiger partial charge is 0.481 e. The van der Waals surface area contributed by atoms with Crippen molar-refractivity contribution in [1.29, 1.82) is 0 Å². The molecule has 0 saturated heterocycles. The molecule has 8 heteroatoms. The van der Waals surface area contributed by atoms with Crippen LogP contribution in [-0.4, -0.2) is 28.1 Å². The zero-order valence-corrected chi connectivity index (χ0v) is 19.1. The molecule has 0 radical (unpaired) electrons. The highest BCUT2D eigenvalue weighted by molar-refractivity contribution is 7.99. The third-order valence-corrected chi connectivity index (χ3v) is 6.44. The van der Waals surface area contributed by atoms with Crippen LogP contribution in [0.5, 0.6) is 5.88 Å². The highest BCUT2D eigenvalue weighted by atomic mass is 32.2. The summed E-state index contributed by atoms with van der Waals surface area (Å²) in [5, 5.41) is 10.0. The van der Waals surface area contributed by atoms with Crippen LogP contribution in [0.15, 0.2) is 16.6 Å². The van der Waals surface area contributed by atoms with Crippen LogP contribution in [0.2, 0.25) is 0 Å². The molecule has 6 nitrogen and oxygen atoms in total. The Morgan fingerprint density at radius 1 is 1.32 bits per heavy atom. The summed E-state index contributed by atoms with van der Waals surface area (Å²) in [5.41, 5.74) is 1.99. The fourth-order valence-corrected chi connectivity index (χ4v) is 4.35. The van der Waals surface area contributed by atoms with Crippen molar-refractivity contribution in [3.63, 3.8) is 0 Å². The molecule has 2 aromatic heterocycles. The molecule has 1 amide bonds. The number of pyridine rings is 1. The number of aliphatic hydroxyl groups is 1. The van der Waals surface area contributed by atoms with E-state index in [0.29, 0.717) is 10.2 Å². The second kappa shape index (κ2) is 9.24. The van der Waals surface area contributed by atoms with Gasteiger partial charge >= 0.3 is 0 Å². The molecule has 0 fully saturated rings. The number of hydrogen-bond donors (Lipinski definition) is 2. The lowest BCUT2D eigenvalue weighted by Gasteiger charge is -2.19. The van der Waals surface area contributed by atoms with E-state index >= 15 is 0 Å². The summed E-state index contributed by atoms with van der Waals surface area (Å²) in [4.78, 5) is 22.2. The second-order valence-electron chi connectivity index (χ2n) is 7.78. The monoisotopic (exact) mass is 423 g/mol. The number of nitrogens with zero attached hydrogens (tertiary/aromatic N) is 2. The van der Waals surface area contributed by atoms with Gasteiger partial charge in [-0.2, -0.15) is 0 Å². The van der Waals surface area contributed by atoms with Gasteiger partial charge in [0.2, 0.25) is 11.8 Å². The molecule has 2 aromatic rings. The molecule has 28 heavy (non-hydrogen) atoms. The number of carbonyl (C=O) groups excluding carboxylic acids is 1. The minimum absolute atomic E-state index is 0.110. The van der Waals surface area contributed by atoms with E-state index < -0.39 is 5.60 Å². The number of hydrogen-bond acceptors (Lipinski definition) is 7. The van der Waals surface area contributed by atoms with Gasteiger partial charge in [0.1, 0.15) is 0 Å². The van der Waals surface area contributed by atoms with E-state index in [9.17, 15) is 9.90 Å². The zero-order valence-electron chi connectivity index (χ0n) is 17.5. The van der Waals surface area contributed by atoms with Crippen LogP contribution in [0.1, 0.15) is 75.1 Å². The normalized spacial score (nSPS) is 11.9. The van der Waals surface area contributed by atoms with E-state index in [0.717, 1.165) is 21.7 Å². The van der Waals surface area contributed by atoms with E-state index in [-0.39, 0.29) is 24.2 Å². The molecule has 0 aliphatic rings. The molecule has 0 bridgehead atoms. The molecule has 0 unspecified atom stereocenters. The van der Waals surface area contributed by atoms with Gasteiger partial charge < -0.3 is 9.84 Å². The number of aromatic nitrogens is 2. The Kier molecular flexibility index (Phi) is 7.47. The summed E-state index contributed by atoms with van der Waals surface area (Å²) >= 11 is 2.54. The molecule has 2 heterocycles. The molecular formula is C20H29N3O3S2.